The maximum Gasteiger partial charge on any atom is 0.254 e. The van der Waals surface area contributed by atoms with Crippen molar-refractivity contribution in [2.75, 3.05) is 19.6 Å². The van der Waals surface area contributed by atoms with Crippen LogP contribution in [-0.2, 0) is 0 Å². The quantitative estimate of drug-likeness (QED) is 0.725. The lowest BCUT2D eigenvalue weighted by Gasteiger charge is -2.25. The Bertz CT molecular complexity index is 859. The van der Waals surface area contributed by atoms with Gasteiger partial charge in [0.15, 0.2) is 5.82 Å². The topological polar surface area (TPSA) is 84.2 Å². The number of nitrogens with zero attached hydrogens (tertiary/aromatic N) is 4. The van der Waals surface area contributed by atoms with E-state index >= 15 is 0 Å². The van der Waals surface area contributed by atoms with Gasteiger partial charge in [-0.1, -0.05) is 0 Å². The molecule has 0 radical (unpaired) electrons. The van der Waals surface area contributed by atoms with E-state index in [0.29, 0.717) is 17.9 Å². The zero-order valence-corrected chi connectivity index (χ0v) is 14.9. The maximum atomic E-state index is 12.5. The van der Waals surface area contributed by atoms with Crippen molar-refractivity contribution in [3.63, 3.8) is 0 Å². The summed E-state index contributed by atoms with van der Waals surface area (Å²) in [6, 6.07) is 7.55. The zero-order chi connectivity index (χ0) is 18.5. The lowest BCUT2D eigenvalue weighted by molar-refractivity contribution is 0.0933. The Morgan fingerprint density at radius 3 is 2.56 bits per heavy atom. The highest BCUT2D eigenvalue weighted by molar-refractivity contribution is 5.93. The number of hydrogen-bond acceptors (Lipinski definition) is 6. The molecule has 138 valence electrons. The van der Waals surface area contributed by atoms with Gasteiger partial charge in [-0.3, -0.25) is 14.7 Å². The zero-order valence-electron chi connectivity index (χ0n) is 14.9. The third-order valence-corrected chi connectivity index (χ3v) is 4.76. The average molecular weight is 363 g/mol. The Morgan fingerprint density at radius 1 is 1.15 bits per heavy atom. The van der Waals surface area contributed by atoms with E-state index in [1.165, 1.54) is 12.8 Å². The van der Waals surface area contributed by atoms with Crippen LogP contribution in [0.2, 0.25) is 0 Å². The first kappa shape index (κ1) is 17.4. The molecule has 27 heavy (non-hydrogen) atoms. The second-order valence-electron chi connectivity index (χ2n) is 6.52. The van der Waals surface area contributed by atoms with E-state index in [4.69, 9.17) is 4.42 Å². The number of likely N-dealkylation sites (tertiary alicyclic amines) is 1. The minimum atomic E-state index is -0.188. The molecule has 7 heteroatoms. The second kappa shape index (κ2) is 8.09. The largest absolute Gasteiger partial charge is 0.468 e. The normalized spacial score (nSPS) is 15.6. The molecule has 0 aliphatic carbocycles. The third kappa shape index (κ3) is 4.03. The molecule has 4 rings (SSSR count). The lowest BCUT2D eigenvalue weighted by atomic mass is 10.2. The van der Waals surface area contributed by atoms with Gasteiger partial charge >= 0.3 is 0 Å². The molecule has 3 aromatic heterocycles. The first-order chi connectivity index (χ1) is 13.3. The molecule has 3 aromatic rings. The van der Waals surface area contributed by atoms with Crippen LogP contribution < -0.4 is 5.32 Å². The van der Waals surface area contributed by atoms with Crippen molar-refractivity contribution in [3.05, 3.63) is 66.6 Å². The first-order valence-electron chi connectivity index (χ1n) is 9.09. The summed E-state index contributed by atoms with van der Waals surface area (Å²) in [4.78, 5) is 27.5. The van der Waals surface area contributed by atoms with Gasteiger partial charge in [0.05, 0.1) is 17.9 Å². The average Bonchev–Trinajstić information content (AvgIpc) is 3.44. The van der Waals surface area contributed by atoms with E-state index in [1.807, 2.05) is 24.3 Å². The van der Waals surface area contributed by atoms with Crippen LogP contribution in [0.25, 0.3) is 11.4 Å². The number of carbonyl (C=O) groups excluding carboxylic acids is 1. The highest BCUT2D eigenvalue weighted by Gasteiger charge is 2.26. The molecule has 1 N–H and O–H groups in total. The fraction of sp³-hybridized carbons (Fsp3) is 0.300. The minimum absolute atomic E-state index is 0.0449. The third-order valence-electron chi connectivity index (χ3n) is 4.76. The van der Waals surface area contributed by atoms with E-state index in [1.54, 1.807) is 31.1 Å². The van der Waals surface area contributed by atoms with E-state index in [2.05, 4.69) is 25.2 Å². The Kier molecular flexibility index (Phi) is 5.20. The van der Waals surface area contributed by atoms with Gasteiger partial charge in [-0.05, 0) is 50.2 Å². The van der Waals surface area contributed by atoms with Crippen LogP contribution in [0.4, 0.5) is 0 Å². The molecule has 7 nitrogen and oxygen atoms in total. The molecule has 1 atom stereocenters. The molecule has 0 saturated carbocycles. The first-order valence-corrected chi connectivity index (χ1v) is 9.09. The lowest BCUT2D eigenvalue weighted by Crippen LogP contribution is -2.36. The summed E-state index contributed by atoms with van der Waals surface area (Å²) >= 11 is 0. The fourth-order valence-corrected chi connectivity index (χ4v) is 3.33. The van der Waals surface area contributed by atoms with Crippen molar-refractivity contribution in [2.24, 2.45) is 0 Å². The number of furan rings is 1. The van der Waals surface area contributed by atoms with Crippen molar-refractivity contribution in [3.8, 4) is 11.4 Å². The number of aromatic nitrogens is 3. The van der Waals surface area contributed by atoms with Gasteiger partial charge in [0, 0.05) is 36.9 Å². The predicted molar refractivity (Wildman–Crippen MR) is 99.9 cm³/mol. The smallest absolute Gasteiger partial charge is 0.254 e. The van der Waals surface area contributed by atoms with Crippen LogP contribution in [0.15, 0.2) is 59.7 Å². The molecule has 0 spiro atoms. The molecule has 1 amide bonds. The van der Waals surface area contributed by atoms with Crippen molar-refractivity contribution in [1.82, 2.24) is 25.2 Å². The van der Waals surface area contributed by atoms with Gasteiger partial charge in [0.1, 0.15) is 5.76 Å². The van der Waals surface area contributed by atoms with E-state index in [9.17, 15) is 4.79 Å². The Hall–Kier alpha value is -3.06. The van der Waals surface area contributed by atoms with E-state index in [0.717, 1.165) is 24.4 Å². The summed E-state index contributed by atoms with van der Waals surface area (Å²) in [5.41, 5.74) is 1.30. The van der Waals surface area contributed by atoms with Crippen LogP contribution in [-0.4, -0.2) is 45.4 Å². The van der Waals surface area contributed by atoms with Crippen molar-refractivity contribution in [2.45, 2.75) is 18.9 Å². The Labute approximate surface area is 157 Å². The van der Waals surface area contributed by atoms with Gasteiger partial charge in [-0.25, -0.2) is 9.97 Å². The van der Waals surface area contributed by atoms with Crippen molar-refractivity contribution < 1.29 is 9.21 Å². The summed E-state index contributed by atoms with van der Waals surface area (Å²) in [6.45, 7) is 2.52. The molecule has 4 heterocycles. The molecule has 1 aliphatic heterocycles. The Balaban J connectivity index is 1.42. The summed E-state index contributed by atoms with van der Waals surface area (Å²) in [5.74, 6) is 1.26. The molecule has 1 fully saturated rings. The predicted octanol–water partition coefficient (Wildman–Crippen LogP) is 2.70. The molecule has 0 unspecified atom stereocenters. The van der Waals surface area contributed by atoms with Gasteiger partial charge in [0.2, 0.25) is 0 Å². The molecule has 1 aliphatic rings. The molecule has 0 bridgehead atoms. The standard InChI is InChI=1S/C20H21N5O2/c26-20(16-12-22-19(23-13-16)15-5-7-21-8-6-15)24-14-17(18-4-3-11-27-18)25-9-1-2-10-25/h3-8,11-13,17H,1-2,9-10,14H2,(H,24,26)/t17-/m0/s1. The number of pyridine rings is 1. The number of nitrogens with one attached hydrogen (secondary N) is 1. The molecule has 1 saturated heterocycles. The van der Waals surface area contributed by atoms with Crippen LogP contribution in [0.5, 0.6) is 0 Å². The number of carbonyl (C=O) groups is 1. The molecular formula is C20H21N5O2. The van der Waals surface area contributed by atoms with Crippen molar-refractivity contribution in [1.29, 1.82) is 0 Å². The van der Waals surface area contributed by atoms with Crippen LogP contribution in [0, 0.1) is 0 Å². The van der Waals surface area contributed by atoms with Gasteiger partial charge in [-0.15, -0.1) is 0 Å². The highest BCUT2D eigenvalue weighted by atomic mass is 16.3. The van der Waals surface area contributed by atoms with Gasteiger partial charge in [0.25, 0.3) is 5.91 Å². The van der Waals surface area contributed by atoms with E-state index < -0.39 is 0 Å². The van der Waals surface area contributed by atoms with Crippen LogP contribution in [0.3, 0.4) is 0 Å². The summed E-state index contributed by atoms with van der Waals surface area (Å²) in [6.07, 6.45) is 10.5. The summed E-state index contributed by atoms with van der Waals surface area (Å²) < 4.78 is 5.59. The van der Waals surface area contributed by atoms with Gasteiger partial charge < -0.3 is 9.73 Å². The fourth-order valence-electron chi connectivity index (χ4n) is 3.33. The monoisotopic (exact) mass is 363 g/mol. The second-order valence-corrected chi connectivity index (χ2v) is 6.52. The molecule has 0 aromatic carbocycles. The highest BCUT2D eigenvalue weighted by Crippen LogP contribution is 2.25. The number of rotatable bonds is 6. The van der Waals surface area contributed by atoms with Crippen molar-refractivity contribution >= 4 is 5.91 Å². The SMILES string of the molecule is O=C(NC[C@@H](c1ccco1)N1CCCC1)c1cnc(-c2ccncc2)nc1. The summed E-state index contributed by atoms with van der Waals surface area (Å²) in [7, 11) is 0. The summed E-state index contributed by atoms with van der Waals surface area (Å²) in [5, 5.41) is 2.99. The minimum Gasteiger partial charge on any atom is -0.468 e. The Morgan fingerprint density at radius 2 is 1.89 bits per heavy atom. The molecular weight excluding hydrogens is 342 g/mol. The van der Waals surface area contributed by atoms with Crippen LogP contribution in [0.1, 0.15) is 35.0 Å². The maximum absolute atomic E-state index is 12.5. The van der Waals surface area contributed by atoms with Crippen LogP contribution >= 0.6 is 0 Å². The number of amides is 1. The van der Waals surface area contributed by atoms with Gasteiger partial charge in [-0.2, -0.15) is 0 Å². The van der Waals surface area contributed by atoms with E-state index in [-0.39, 0.29) is 11.9 Å². The number of hydrogen-bond donors (Lipinski definition) is 1.